The molecule has 0 radical (unpaired) electrons. The molecule has 0 aliphatic rings. The molecule has 0 saturated carbocycles. The normalized spacial score (nSPS) is 10.6. The standard InChI is InChI=1S/C21H20N2O5S/c1-4-27-21(26)18-12(2)13(3)29-19(18)23-17(24)11-28-20(25)16-10-9-14-7-5-6-8-15(14)22-16/h5-10H,4,11H2,1-3H3,(H,23,24). The van der Waals surface area contributed by atoms with Gasteiger partial charge in [0, 0.05) is 10.3 Å². The van der Waals surface area contributed by atoms with Crippen molar-refractivity contribution in [2.75, 3.05) is 18.5 Å². The fourth-order valence-electron chi connectivity index (χ4n) is 2.71. The zero-order valence-electron chi connectivity index (χ0n) is 16.3. The predicted molar refractivity (Wildman–Crippen MR) is 110 cm³/mol. The van der Waals surface area contributed by atoms with Crippen LogP contribution in [0.25, 0.3) is 10.9 Å². The van der Waals surface area contributed by atoms with Crippen LogP contribution in [0, 0.1) is 13.8 Å². The summed E-state index contributed by atoms with van der Waals surface area (Å²) in [5.41, 5.74) is 1.85. The minimum atomic E-state index is -0.699. The van der Waals surface area contributed by atoms with E-state index in [4.69, 9.17) is 9.47 Å². The van der Waals surface area contributed by atoms with E-state index in [0.717, 1.165) is 15.8 Å². The molecule has 150 valence electrons. The van der Waals surface area contributed by atoms with Crippen molar-refractivity contribution < 1.29 is 23.9 Å². The van der Waals surface area contributed by atoms with Gasteiger partial charge in [0.2, 0.25) is 0 Å². The van der Waals surface area contributed by atoms with Gasteiger partial charge in [0.05, 0.1) is 17.7 Å². The second-order valence-electron chi connectivity index (χ2n) is 6.22. The van der Waals surface area contributed by atoms with Gasteiger partial charge in [0.15, 0.2) is 6.61 Å². The highest BCUT2D eigenvalue weighted by Gasteiger charge is 2.22. The lowest BCUT2D eigenvalue weighted by molar-refractivity contribution is -0.119. The summed E-state index contributed by atoms with van der Waals surface area (Å²) < 4.78 is 10.1. The van der Waals surface area contributed by atoms with Crippen LogP contribution in [0.3, 0.4) is 0 Å². The van der Waals surface area contributed by atoms with E-state index in [2.05, 4.69) is 10.3 Å². The molecule has 2 aromatic heterocycles. The number of thiophene rings is 1. The summed E-state index contributed by atoms with van der Waals surface area (Å²) in [6, 6.07) is 10.7. The molecule has 2 heterocycles. The molecule has 8 heteroatoms. The first-order valence-electron chi connectivity index (χ1n) is 9.00. The Bertz CT molecular complexity index is 1090. The Morgan fingerprint density at radius 3 is 2.55 bits per heavy atom. The quantitative estimate of drug-likeness (QED) is 0.618. The van der Waals surface area contributed by atoms with Crippen molar-refractivity contribution in [1.82, 2.24) is 4.98 Å². The fraction of sp³-hybridized carbons (Fsp3) is 0.238. The highest BCUT2D eigenvalue weighted by Crippen LogP contribution is 2.33. The number of aryl methyl sites for hydroxylation is 1. The summed E-state index contributed by atoms with van der Waals surface area (Å²) in [5.74, 6) is -1.75. The Balaban J connectivity index is 1.66. The van der Waals surface area contributed by atoms with Crippen LogP contribution in [-0.4, -0.2) is 36.0 Å². The number of anilines is 1. The number of ether oxygens (including phenoxy) is 2. The summed E-state index contributed by atoms with van der Waals surface area (Å²) in [6.07, 6.45) is 0. The number of rotatable bonds is 6. The van der Waals surface area contributed by atoms with Crippen LogP contribution in [0.1, 0.15) is 38.2 Å². The fourth-order valence-corrected chi connectivity index (χ4v) is 3.78. The third-order valence-corrected chi connectivity index (χ3v) is 5.38. The van der Waals surface area contributed by atoms with Crippen LogP contribution in [0.4, 0.5) is 5.00 Å². The number of esters is 2. The van der Waals surface area contributed by atoms with Gasteiger partial charge in [-0.05, 0) is 38.5 Å². The van der Waals surface area contributed by atoms with E-state index in [1.54, 1.807) is 32.0 Å². The van der Waals surface area contributed by atoms with E-state index < -0.39 is 24.5 Å². The van der Waals surface area contributed by atoms with Gasteiger partial charge in [-0.3, -0.25) is 4.79 Å². The molecule has 29 heavy (non-hydrogen) atoms. The SMILES string of the molecule is CCOC(=O)c1c(NC(=O)COC(=O)c2ccc3ccccc3n2)sc(C)c1C. The molecule has 0 saturated heterocycles. The van der Waals surface area contributed by atoms with Gasteiger partial charge in [-0.1, -0.05) is 24.3 Å². The van der Waals surface area contributed by atoms with Crippen molar-refractivity contribution in [1.29, 1.82) is 0 Å². The minimum absolute atomic E-state index is 0.117. The van der Waals surface area contributed by atoms with Gasteiger partial charge in [-0.2, -0.15) is 0 Å². The molecule has 0 aliphatic carbocycles. The van der Waals surface area contributed by atoms with Gasteiger partial charge in [0.1, 0.15) is 10.7 Å². The minimum Gasteiger partial charge on any atom is -0.462 e. The summed E-state index contributed by atoms with van der Waals surface area (Å²) >= 11 is 1.27. The number of amides is 1. The van der Waals surface area contributed by atoms with Crippen LogP contribution in [0.15, 0.2) is 36.4 Å². The lowest BCUT2D eigenvalue weighted by Gasteiger charge is -2.08. The van der Waals surface area contributed by atoms with Crippen molar-refractivity contribution in [3.8, 4) is 0 Å². The van der Waals surface area contributed by atoms with Gasteiger partial charge >= 0.3 is 11.9 Å². The summed E-state index contributed by atoms with van der Waals surface area (Å²) in [4.78, 5) is 41.8. The number of fused-ring (bicyclic) bond motifs is 1. The van der Waals surface area contributed by atoms with Crippen LogP contribution in [0.2, 0.25) is 0 Å². The molecule has 3 aromatic rings. The van der Waals surface area contributed by atoms with E-state index in [1.807, 2.05) is 25.1 Å². The Hall–Kier alpha value is -3.26. The van der Waals surface area contributed by atoms with Crippen LogP contribution >= 0.6 is 11.3 Å². The largest absolute Gasteiger partial charge is 0.462 e. The third kappa shape index (κ3) is 4.60. The third-order valence-electron chi connectivity index (χ3n) is 4.26. The number of benzene rings is 1. The Morgan fingerprint density at radius 2 is 1.79 bits per heavy atom. The molecule has 0 unspecified atom stereocenters. The number of nitrogens with one attached hydrogen (secondary N) is 1. The Morgan fingerprint density at radius 1 is 1.03 bits per heavy atom. The lowest BCUT2D eigenvalue weighted by Crippen LogP contribution is -2.22. The second kappa shape index (κ2) is 8.83. The number of carbonyl (C=O) groups is 3. The molecule has 0 bridgehead atoms. The molecule has 0 atom stereocenters. The number of nitrogens with zero attached hydrogens (tertiary/aromatic N) is 1. The first-order chi connectivity index (χ1) is 13.9. The first kappa shape index (κ1) is 20.5. The van der Waals surface area contributed by atoms with Gasteiger partial charge in [0.25, 0.3) is 5.91 Å². The average Bonchev–Trinajstić information content (AvgIpc) is 2.99. The van der Waals surface area contributed by atoms with Crippen LogP contribution < -0.4 is 5.32 Å². The van der Waals surface area contributed by atoms with Crippen molar-refractivity contribution in [2.45, 2.75) is 20.8 Å². The summed E-state index contributed by atoms with van der Waals surface area (Å²) in [7, 11) is 0. The number of hydrogen-bond donors (Lipinski definition) is 1. The number of carbonyl (C=O) groups excluding carboxylic acids is 3. The Labute approximate surface area is 171 Å². The summed E-state index contributed by atoms with van der Waals surface area (Å²) in [6.45, 7) is 5.09. The second-order valence-corrected chi connectivity index (χ2v) is 7.45. The van der Waals surface area contributed by atoms with E-state index in [9.17, 15) is 14.4 Å². The summed E-state index contributed by atoms with van der Waals surface area (Å²) in [5, 5.41) is 3.91. The zero-order chi connectivity index (χ0) is 21.0. The van der Waals surface area contributed by atoms with Crippen molar-refractivity contribution in [3.63, 3.8) is 0 Å². The predicted octanol–water partition coefficient (Wildman–Crippen LogP) is 3.89. The van der Waals surface area contributed by atoms with Crippen LogP contribution in [0.5, 0.6) is 0 Å². The highest BCUT2D eigenvalue weighted by molar-refractivity contribution is 7.16. The molecule has 0 fully saturated rings. The monoisotopic (exact) mass is 412 g/mol. The highest BCUT2D eigenvalue weighted by atomic mass is 32.1. The molecule has 0 spiro atoms. The topological polar surface area (TPSA) is 94.6 Å². The van der Waals surface area contributed by atoms with Crippen molar-refractivity contribution >= 4 is 45.1 Å². The molecule has 3 rings (SSSR count). The smallest absolute Gasteiger partial charge is 0.357 e. The van der Waals surface area contributed by atoms with Crippen molar-refractivity contribution in [3.05, 3.63) is 58.1 Å². The molecular weight excluding hydrogens is 392 g/mol. The average molecular weight is 412 g/mol. The van der Waals surface area contributed by atoms with Crippen molar-refractivity contribution in [2.24, 2.45) is 0 Å². The molecular formula is C21H20N2O5S. The maximum Gasteiger partial charge on any atom is 0.357 e. The molecule has 1 aromatic carbocycles. The van der Waals surface area contributed by atoms with E-state index >= 15 is 0 Å². The number of para-hydroxylation sites is 1. The first-order valence-corrected chi connectivity index (χ1v) is 9.82. The molecule has 7 nitrogen and oxygen atoms in total. The Kier molecular flexibility index (Phi) is 6.23. The van der Waals surface area contributed by atoms with E-state index in [-0.39, 0.29) is 12.3 Å². The maximum absolute atomic E-state index is 12.3. The molecule has 1 amide bonds. The van der Waals surface area contributed by atoms with E-state index in [0.29, 0.717) is 16.1 Å². The number of aromatic nitrogens is 1. The van der Waals surface area contributed by atoms with Crippen LogP contribution in [-0.2, 0) is 14.3 Å². The van der Waals surface area contributed by atoms with E-state index in [1.165, 1.54) is 11.3 Å². The molecule has 1 N–H and O–H groups in total. The number of hydrogen-bond acceptors (Lipinski definition) is 7. The number of pyridine rings is 1. The van der Waals surface area contributed by atoms with Gasteiger partial charge in [-0.25, -0.2) is 14.6 Å². The van der Waals surface area contributed by atoms with Gasteiger partial charge in [-0.15, -0.1) is 11.3 Å². The zero-order valence-corrected chi connectivity index (χ0v) is 17.1. The maximum atomic E-state index is 12.3. The molecule has 0 aliphatic heterocycles. The van der Waals surface area contributed by atoms with Gasteiger partial charge < -0.3 is 14.8 Å². The lowest BCUT2D eigenvalue weighted by atomic mass is 10.1.